The van der Waals surface area contributed by atoms with Crippen LogP contribution in [0.2, 0.25) is 10.0 Å². The summed E-state index contributed by atoms with van der Waals surface area (Å²) in [6.07, 6.45) is 4.23. The third-order valence-electron chi connectivity index (χ3n) is 5.15. The Hall–Kier alpha value is -2.45. The topological polar surface area (TPSA) is 88.2 Å². The van der Waals surface area contributed by atoms with Crippen LogP contribution in [0.3, 0.4) is 0 Å². The molecule has 0 aliphatic heterocycles. The van der Waals surface area contributed by atoms with Crippen molar-refractivity contribution >= 4 is 44.8 Å². The van der Waals surface area contributed by atoms with Gasteiger partial charge in [-0.2, -0.15) is 0 Å². The summed E-state index contributed by atoms with van der Waals surface area (Å²) in [5.41, 5.74) is 2.22. The molecule has 0 bridgehead atoms. The molecule has 2 unspecified atom stereocenters. The van der Waals surface area contributed by atoms with Gasteiger partial charge in [0.15, 0.2) is 0 Å². The van der Waals surface area contributed by atoms with Gasteiger partial charge in [-0.15, -0.1) is 0 Å². The number of carbonyl (C=O) groups is 1. The maximum Gasteiger partial charge on any atom is 0.240 e. The normalized spacial score (nSPS) is 17.9. The van der Waals surface area contributed by atoms with Crippen LogP contribution in [0.15, 0.2) is 71.9 Å². The van der Waals surface area contributed by atoms with Gasteiger partial charge in [0.1, 0.15) is 0 Å². The molecule has 2 N–H and O–H groups in total. The largest absolute Gasteiger partial charge is 0.326 e. The molecular formula is C22H19Cl2N3O3S. The Balaban J connectivity index is 1.36. The molecular weight excluding hydrogens is 457 g/mol. The van der Waals surface area contributed by atoms with Crippen LogP contribution in [0.4, 0.5) is 5.69 Å². The highest BCUT2D eigenvalue weighted by molar-refractivity contribution is 7.89. The van der Waals surface area contributed by atoms with E-state index in [-0.39, 0.29) is 29.2 Å². The lowest BCUT2D eigenvalue weighted by Crippen LogP contribution is -2.23. The summed E-state index contributed by atoms with van der Waals surface area (Å²) < 4.78 is 27.7. The van der Waals surface area contributed by atoms with Crippen molar-refractivity contribution in [2.75, 3.05) is 5.32 Å². The van der Waals surface area contributed by atoms with Crippen LogP contribution >= 0.6 is 23.2 Å². The van der Waals surface area contributed by atoms with Crippen molar-refractivity contribution in [2.24, 2.45) is 5.92 Å². The predicted molar refractivity (Wildman–Crippen MR) is 121 cm³/mol. The minimum Gasteiger partial charge on any atom is -0.326 e. The van der Waals surface area contributed by atoms with Gasteiger partial charge in [-0.25, -0.2) is 13.1 Å². The van der Waals surface area contributed by atoms with E-state index in [9.17, 15) is 13.2 Å². The van der Waals surface area contributed by atoms with Crippen LogP contribution in [0.25, 0.3) is 0 Å². The number of pyridine rings is 1. The Kier molecular flexibility index (Phi) is 6.29. The monoisotopic (exact) mass is 475 g/mol. The molecule has 4 rings (SSSR count). The number of nitrogens with one attached hydrogen (secondary N) is 2. The number of halogens is 2. The van der Waals surface area contributed by atoms with Crippen molar-refractivity contribution in [3.05, 3.63) is 88.2 Å². The van der Waals surface area contributed by atoms with Crippen LogP contribution in [0.1, 0.15) is 23.5 Å². The number of hydrogen-bond acceptors (Lipinski definition) is 4. The number of benzene rings is 2. The summed E-state index contributed by atoms with van der Waals surface area (Å²) in [4.78, 5) is 16.6. The van der Waals surface area contributed by atoms with Crippen molar-refractivity contribution in [2.45, 2.75) is 23.8 Å². The van der Waals surface area contributed by atoms with E-state index >= 15 is 0 Å². The minimum absolute atomic E-state index is 0.0122. The Morgan fingerprint density at radius 3 is 2.45 bits per heavy atom. The van der Waals surface area contributed by atoms with E-state index in [2.05, 4.69) is 15.0 Å². The molecule has 9 heteroatoms. The summed E-state index contributed by atoms with van der Waals surface area (Å²) in [5, 5.41) is 3.75. The molecule has 1 amide bonds. The fourth-order valence-electron chi connectivity index (χ4n) is 3.35. The van der Waals surface area contributed by atoms with Crippen LogP contribution in [-0.2, 0) is 21.4 Å². The first-order valence-corrected chi connectivity index (χ1v) is 11.8. The van der Waals surface area contributed by atoms with Gasteiger partial charge in [0, 0.05) is 40.6 Å². The van der Waals surface area contributed by atoms with Gasteiger partial charge in [0.25, 0.3) is 0 Å². The first kappa shape index (κ1) is 21.8. The molecule has 1 fully saturated rings. The molecule has 1 aromatic heterocycles. The maximum atomic E-state index is 12.6. The second-order valence-corrected chi connectivity index (χ2v) is 9.91. The molecule has 6 nitrogen and oxygen atoms in total. The summed E-state index contributed by atoms with van der Waals surface area (Å²) in [5.74, 6) is 0.0335. The van der Waals surface area contributed by atoms with Crippen molar-refractivity contribution in [1.82, 2.24) is 9.71 Å². The van der Waals surface area contributed by atoms with Crippen molar-refractivity contribution < 1.29 is 13.2 Å². The quantitative estimate of drug-likeness (QED) is 0.522. The average Bonchev–Trinajstić information content (AvgIpc) is 3.57. The van der Waals surface area contributed by atoms with E-state index in [1.54, 1.807) is 42.7 Å². The molecule has 0 saturated heterocycles. The lowest BCUT2D eigenvalue weighted by molar-refractivity contribution is -0.117. The standard InChI is InChI=1S/C22H19Cl2N3O3S/c23-16-1-6-21(24)15(11-16)13-26-31(29,30)18-4-2-17(3-5-18)27-22(28)20-12-19(20)14-7-9-25-10-8-14/h1-11,19-20,26H,12-13H2,(H,27,28). The average molecular weight is 476 g/mol. The van der Waals surface area contributed by atoms with E-state index in [1.165, 1.54) is 12.1 Å². The van der Waals surface area contributed by atoms with Crippen LogP contribution in [0.5, 0.6) is 0 Å². The second-order valence-electron chi connectivity index (χ2n) is 7.30. The second kappa shape index (κ2) is 8.96. The number of nitrogens with zero attached hydrogens (tertiary/aromatic N) is 1. The zero-order valence-electron chi connectivity index (χ0n) is 16.3. The number of hydrogen-bond donors (Lipinski definition) is 2. The Morgan fingerprint density at radius 2 is 1.74 bits per heavy atom. The first-order valence-electron chi connectivity index (χ1n) is 9.58. The molecule has 0 spiro atoms. The number of amides is 1. The Labute approximate surface area is 190 Å². The van der Waals surface area contributed by atoms with Gasteiger partial charge in [-0.1, -0.05) is 23.2 Å². The lowest BCUT2D eigenvalue weighted by Gasteiger charge is -2.10. The summed E-state index contributed by atoms with van der Waals surface area (Å²) in [7, 11) is -3.75. The van der Waals surface area contributed by atoms with Gasteiger partial charge < -0.3 is 5.32 Å². The number of carbonyl (C=O) groups excluding carboxylic acids is 1. The molecule has 1 saturated carbocycles. The molecule has 3 aromatic rings. The number of aromatic nitrogens is 1. The van der Waals surface area contributed by atoms with Crippen molar-refractivity contribution in [3.63, 3.8) is 0 Å². The molecule has 2 atom stereocenters. The summed E-state index contributed by atoms with van der Waals surface area (Å²) >= 11 is 12.0. The zero-order chi connectivity index (χ0) is 22.0. The van der Waals surface area contributed by atoms with Crippen LogP contribution in [-0.4, -0.2) is 19.3 Å². The fraction of sp³-hybridized carbons (Fsp3) is 0.182. The molecule has 1 aliphatic rings. The first-order chi connectivity index (χ1) is 14.8. The smallest absolute Gasteiger partial charge is 0.240 e. The van der Waals surface area contributed by atoms with Gasteiger partial charge in [0.2, 0.25) is 15.9 Å². The maximum absolute atomic E-state index is 12.6. The Morgan fingerprint density at radius 1 is 1.03 bits per heavy atom. The Bertz CT molecular complexity index is 1200. The highest BCUT2D eigenvalue weighted by Gasteiger charge is 2.43. The SMILES string of the molecule is O=C(Nc1ccc(S(=O)(=O)NCc2cc(Cl)ccc2Cl)cc1)C1CC1c1ccncc1. The molecule has 1 heterocycles. The van der Waals surface area contributed by atoms with Crippen molar-refractivity contribution in [1.29, 1.82) is 0 Å². The third kappa shape index (κ3) is 5.25. The summed E-state index contributed by atoms with van der Waals surface area (Å²) in [6.45, 7) is 0.0122. The minimum atomic E-state index is -3.75. The van der Waals surface area contributed by atoms with E-state index in [0.717, 1.165) is 12.0 Å². The fourth-order valence-corrected chi connectivity index (χ4v) is 4.74. The molecule has 0 radical (unpaired) electrons. The molecule has 160 valence electrons. The predicted octanol–water partition coefficient (Wildman–Crippen LogP) is 4.61. The van der Waals surface area contributed by atoms with Crippen LogP contribution in [0, 0.1) is 5.92 Å². The number of sulfonamides is 1. The molecule has 1 aliphatic carbocycles. The number of rotatable bonds is 7. The molecule has 31 heavy (non-hydrogen) atoms. The van der Waals surface area contributed by atoms with Gasteiger partial charge in [-0.05, 0) is 78.1 Å². The summed E-state index contributed by atoms with van der Waals surface area (Å²) in [6, 6.07) is 14.7. The highest BCUT2D eigenvalue weighted by atomic mass is 35.5. The van der Waals surface area contributed by atoms with E-state index in [4.69, 9.17) is 23.2 Å². The van der Waals surface area contributed by atoms with E-state index in [0.29, 0.717) is 21.3 Å². The highest BCUT2D eigenvalue weighted by Crippen LogP contribution is 2.47. The van der Waals surface area contributed by atoms with Gasteiger partial charge >= 0.3 is 0 Å². The zero-order valence-corrected chi connectivity index (χ0v) is 18.6. The van der Waals surface area contributed by atoms with E-state index < -0.39 is 10.0 Å². The lowest BCUT2D eigenvalue weighted by atomic mass is 10.1. The van der Waals surface area contributed by atoms with Crippen molar-refractivity contribution in [3.8, 4) is 0 Å². The van der Waals surface area contributed by atoms with Crippen LogP contribution < -0.4 is 10.0 Å². The van der Waals surface area contributed by atoms with E-state index in [1.807, 2.05) is 12.1 Å². The third-order valence-corrected chi connectivity index (χ3v) is 7.17. The van der Waals surface area contributed by atoms with Gasteiger partial charge in [0.05, 0.1) is 4.90 Å². The molecule has 2 aromatic carbocycles. The number of anilines is 1. The van der Waals surface area contributed by atoms with Gasteiger partial charge in [-0.3, -0.25) is 9.78 Å².